The van der Waals surface area contributed by atoms with Crippen molar-refractivity contribution in [1.82, 2.24) is 20.4 Å². The number of piperidine rings is 1. The van der Waals surface area contributed by atoms with Crippen LogP contribution in [-0.4, -0.2) is 64.4 Å². The van der Waals surface area contributed by atoms with Crippen LogP contribution in [-0.2, 0) is 4.79 Å². The fraction of sp³-hybridized carbons (Fsp3) is 0.462. The van der Waals surface area contributed by atoms with Gasteiger partial charge in [-0.25, -0.2) is 0 Å². The van der Waals surface area contributed by atoms with Crippen LogP contribution < -0.4 is 10.6 Å². The SMILES string of the molecule is O=C(CN1C(=O)c2cccc3cccc(c23)C1=O)NC1CCN(C(=S)NC2CCCCC2)CC1. The zero-order chi connectivity index (χ0) is 23.7. The normalized spacial score (nSPS) is 19.4. The average molecular weight is 479 g/mol. The van der Waals surface area contributed by atoms with E-state index >= 15 is 0 Å². The summed E-state index contributed by atoms with van der Waals surface area (Å²) in [6, 6.07) is 11.3. The molecule has 2 fully saturated rings. The number of nitrogens with one attached hydrogen (secondary N) is 2. The van der Waals surface area contributed by atoms with E-state index in [0.29, 0.717) is 22.6 Å². The second-order valence-electron chi connectivity index (χ2n) is 9.52. The van der Waals surface area contributed by atoms with E-state index < -0.39 is 11.8 Å². The first-order valence-electron chi connectivity index (χ1n) is 12.2. The van der Waals surface area contributed by atoms with Crippen LogP contribution >= 0.6 is 12.2 Å². The molecule has 7 nitrogen and oxygen atoms in total. The number of amides is 3. The molecule has 8 heteroatoms. The van der Waals surface area contributed by atoms with Gasteiger partial charge in [0.1, 0.15) is 6.54 Å². The van der Waals surface area contributed by atoms with Gasteiger partial charge in [0.2, 0.25) is 5.91 Å². The zero-order valence-electron chi connectivity index (χ0n) is 19.2. The van der Waals surface area contributed by atoms with Crippen LogP contribution in [0.4, 0.5) is 0 Å². The summed E-state index contributed by atoms with van der Waals surface area (Å²) in [6.45, 7) is 1.28. The number of likely N-dealkylation sites (tertiary alicyclic amines) is 1. The number of carbonyl (C=O) groups excluding carboxylic acids is 3. The summed E-state index contributed by atoms with van der Waals surface area (Å²) in [5.41, 5.74) is 0.931. The van der Waals surface area contributed by atoms with E-state index in [0.717, 1.165) is 41.3 Å². The van der Waals surface area contributed by atoms with Crippen molar-refractivity contribution in [1.29, 1.82) is 0 Å². The molecular weight excluding hydrogens is 448 g/mol. The van der Waals surface area contributed by atoms with Gasteiger partial charge in [-0.2, -0.15) is 0 Å². The van der Waals surface area contributed by atoms with Crippen LogP contribution in [0.1, 0.15) is 65.7 Å². The molecule has 2 aliphatic heterocycles. The number of carbonyl (C=O) groups is 3. The summed E-state index contributed by atoms with van der Waals surface area (Å²) >= 11 is 5.62. The quantitative estimate of drug-likeness (QED) is 0.519. The molecule has 178 valence electrons. The molecule has 34 heavy (non-hydrogen) atoms. The Hall–Kier alpha value is -3.00. The second kappa shape index (κ2) is 9.70. The van der Waals surface area contributed by atoms with Crippen LogP contribution in [0, 0.1) is 0 Å². The molecule has 0 aromatic heterocycles. The first-order chi connectivity index (χ1) is 16.5. The minimum Gasteiger partial charge on any atom is -0.360 e. The third-order valence-electron chi connectivity index (χ3n) is 7.24. The predicted octanol–water partition coefficient (Wildman–Crippen LogP) is 3.22. The predicted molar refractivity (Wildman–Crippen MR) is 135 cm³/mol. The Morgan fingerprint density at radius 3 is 2.06 bits per heavy atom. The molecule has 2 aromatic carbocycles. The summed E-state index contributed by atoms with van der Waals surface area (Å²) in [7, 11) is 0. The Morgan fingerprint density at radius 1 is 0.853 bits per heavy atom. The van der Waals surface area contributed by atoms with Gasteiger partial charge in [-0.05, 0) is 55.4 Å². The fourth-order valence-electron chi connectivity index (χ4n) is 5.38. The van der Waals surface area contributed by atoms with Gasteiger partial charge in [0, 0.05) is 41.7 Å². The van der Waals surface area contributed by atoms with Crippen LogP contribution in [0.5, 0.6) is 0 Å². The highest BCUT2D eigenvalue weighted by molar-refractivity contribution is 7.80. The van der Waals surface area contributed by atoms with Crippen LogP contribution in [0.3, 0.4) is 0 Å². The maximum Gasteiger partial charge on any atom is 0.261 e. The van der Waals surface area contributed by atoms with Crippen molar-refractivity contribution in [2.24, 2.45) is 0 Å². The van der Waals surface area contributed by atoms with E-state index in [1.807, 2.05) is 12.1 Å². The topological polar surface area (TPSA) is 81.8 Å². The molecule has 0 radical (unpaired) electrons. The lowest BCUT2D eigenvalue weighted by Gasteiger charge is -2.36. The van der Waals surface area contributed by atoms with Crippen molar-refractivity contribution in [3.63, 3.8) is 0 Å². The Kier molecular flexibility index (Phi) is 6.50. The summed E-state index contributed by atoms with van der Waals surface area (Å²) in [6.07, 6.45) is 7.75. The minimum atomic E-state index is -0.418. The number of hydrogen-bond donors (Lipinski definition) is 2. The van der Waals surface area contributed by atoms with E-state index in [2.05, 4.69) is 15.5 Å². The molecule has 2 N–H and O–H groups in total. The molecule has 1 saturated heterocycles. The van der Waals surface area contributed by atoms with Gasteiger partial charge < -0.3 is 15.5 Å². The third kappa shape index (κ3) is 4.51. The lowest BCUT2D eigenvalue weighted by Crippen LogP contribution is -2.53. The number of hydrogen-bond acceptors (Lipinski definition) is 4. The number of rotatable bonds is 4. The van der Waals surface area contributed by atoms with Gasteiger partial charge in [0.25, 0.3) is 11.8 Å². The Bertz CT molecular complexity index is 1090. The van der Waals surface area contributed by atoms with Crippen molar-refractivity contribution in [2.45, 2.75) is 57.0 Å². The van der Waals surface area contributed by atoms with Gasteiger partial charge in [-0.15, -0.1) is 0 Å². The van der Waals surface area contributed by atoms with E-state index in [1.165, 1.54) is 32.1 Å². The van der Waals surface area contributed by atoms with Gasteiger partial charge in [-0.3, -0.25) is 19.3 Å². The molecule has 0 unspecified atom stereocenters. The summed E-state index contributed by atoms with van der Waals surface area (Å²) in [4.78, 5) is 42.1. The van der Waals surface area contributed by atoms with Crippen molar-refractivity contribution < 1.29 is 14.4 Å². The Balaban J connectivity index is 1.15. The Morgan fingerprint density at radius 2 is 1.44 bits per heavy atom. The van der Waals surface area contributed by atoms with Gasteiger partial charge in [0.15, 0.2) is 5.11 Å². The van der Waals surface area contributed by atoms with Crippen molar-refractivity contribution in [3.8, 4) is 0 Å². The number of benzene rings is 2. The molecule has 0 spiro atoms. The van der Waals surface area contributed by atoms with Crippen LogP contribution in [0.25, 0.3) is 10.8 Å². The molecular formula is C26H30N4O3S. The smallest absolute Gasteiger partial charge is 0.261 e. The van der Waals surface area contributed by atoms with E-state index in [1.54, 1.807) is 24.3 Å². The summed E-state index contributed by atoms with van der Waals surface area (Å²) in [5.74, 6) is -1.15. The molecule has 1 aliphatic carbocycles. The Labute approximate surface area is 204 Å². The zero-order valence-corrected chi connectivity index (χ0v) is 20.0. The van der Waals surface area contributed by atoms with E-state index in [4.69, 9.17) is 12.2 Å². The van der Waals surface area contributed by atoms with Gasteiger partial charge in [0.05, 0.1) is 0 Å². The van der Waals surface area contributed by atoms with Crippen LogP contribution in [0.2, 0.25) is 0 Å². The standard InChI is InChI=1S/C26H30N4O3S/c31-22(27-19-12-14-29(15-13-19)26(34)28-18-8-2-1-3-9-18)16-30-24(32)20-10-4-6-17-7-5-11-21(23(17)20)25(30)33/h4-7,10-11,18-19H,1-3,8-9,12-16H2,(H,27,31)(H,28,34). The number of thiocarbonyl (C=S) groups is 1. The van der Waals surface area contributed by atoms with Crippen LogP contribution in [0.15, 0.2) is 36.4 Å². The number of imide groups is 1. The van der Waals surface area contributed by atoms with E-state index in [-0.39, 0.29) is 18.5 Å². The average Bonchev–Trinajstić information content (AvgIpc) is 2.86. The molecule has 3 aliphatic rings. The number of nitrogens with zero attached hydrogens (tertiary/aromatic N) is 2. The molecule has 5 rings (SSSR count). The van der Waals surface area contributed by atoms with Gasteiger partial charge in [-0.1, -0.05) is 43.5 Å². The molecule has 1 saturated carbocycles. The summed E-state index contributed by atoms with van der Waals surface area (Å²) < 4.78 is 0. The second-order valence-corrected chi connectivity index (χ2v) is 9.91. The lowest BCUT2D eigenvalue weighted by atomic mass is 9.94. The lowest BCUT2D eigenvalue weighted by molar-refractivity contribution is -0.122. The molecule has 3 amide bonds. The molecule has 2 heterocycles. The fourth-order valence-corrected chi connectivity index (χ4v) is 5.73. The highest BCUT2D eigenvalue weighted by Crippen LogP contribution is 2.29. The monoisotopic (exact) mass is 478 g/mol. The van der Waals surface area contributed by atoms with Gasteiger partial charge >= 0.3 is 0 Å². The molecule has 0 bridgehead atoms. The highest BCUT2D eigenvalue weighted by atomic mass is 32.1. The molecule has 0 atom stereocenters. The third-order valence-corrected chi connectivity index (χ3v) is 7.61. The first kappa shape index (κ1) is 22.8. The van der Waals surface area contributed by atoms with E-state index in [9.17, 15) is 14.4 Å². The van der Waals surface area contributed by atoms with Crippen molar-refractivity contribution in [3.05, 3.63) is 47.5 Å². The highest BCUT2D eigenvalue weighted by Gasteiger charge is 2.34. The maximum absolute atomic E-state index is 13.0. The molecule has 2 aromatic rings. The first-order valence-corrected chi connectivity index (χ1v) is 12.6. The minimum absolute atomic E-state index is 0.00643. The largest absolute Gasteiger partial charge is 0.360 e. The van der Waals surface area contributed by atoms with Crippen molar-refractivity contribution >= 4 is 45.8 Å². The van der Waals surface area contributed by atoms with Crippen molar-refractivity contribution in [2.75, 3.05) is 19.6 Å². The maximum atomic E-state index is 13.0. The summed E-state index contributed by atoms with van der Waals surface area (Å²) in [5, 5.41) is 8.87.